The summed E-state index contributed by atoms with van der Waals surface area (Å²) in [6.07, 6.45) is 1.94. The summed E-state index contributed by atoms with van der Waals surface area (Å²) in [5, 5.41) is 13.5. The van der Waals surface area contributed by atoms with Crippen molar-refractivity contribution in [1.29, 1.82) is 0 Å². The molecule has 0 atom stereocenters. The molecule has 132 valence electrons. The summed E-state index contributed by atoms with van der Waals surface area (Å²) in [6, 6.07) is 19.5. The zero-order valence-electron chi connectivity index (χ0n) is 14.2. The van der Waals surface area contributed by atoms with E-state index >= 15 is 0 Å². The number of carbonyl (C=O) groups is 1. The number of halogens is 1. The molecule has 6 heteroatoms. The number of aryl methyl sites for hydroxylation is 1. The van der Waals surface area contributed by atoms with Crippen LogP contribution in [-0.2, 0) is 6.42 Å². The van der Waals surface area contributed by atoms with Crippen LogP contribution in [0.4, 0.5) is 15.9 Å². The number of hydrogen-bond donors (Lipinski definition) is 2. The summed E-state index contributed by atoms with van der Waals surface area (Å²) in [7, 11) is 0. The van der Waals surface area contributed by atoms with E-state index in [0.717, 1.165) is 19.4 Å². The Balaban J connectivity index is 1.48. The molecule has 0 spiro atoms. The van der Waals surface area contributed by atoms with Gasteiger partial charge in [0.25, 0.3) is 5.91 Å². The highest BCUT2D eigenvalue weighted by Gasteiger charge is 2.10. The summed E-state index contributed by atoms with van der Waals surface area (Å²) in [4.78, 5) is 12.1. The van der Waals surface area contributed by atoms with Gasteiger partial charge < -0.3 is 10.6 Å². The third-order valence-electron chi connectivity index (χ3n) is 3.81. The predicted octanol–water partition coefficient (Wildman–Crippen LogP) is 3.91. The number of hydrogen-bond acceptors (Lipinski definition) is 4. The number of anilines is 2. The number of nitrogens with one attached hydrogen (secondary N) is 2. The van der Waals surface area contributed by atoms with Gasteiger partial charge in [-0.15, -0.1) is 10.2 Å². The molecule has 1 amide bonds. The van der Waals surface area contributed by atoms with Crippen LogP contribution in [0.5, 0.6) is 0 Å². The van der Waals surface area contributed by atoms with Gasteiger partial charge in [0.05, 0.1) is 5.69 Å². The standard InChI is InChI=1S/C20H19FN4O/c21-16-10-4-5-11-17(16)23-20(26)18-12-13-19(25-24-18)22-14-6-9-15-7-2-1-3-8-15/h1-5,7-8,10-13H,6,9,14H2,(H,22,25)(H,23,26). The molecular formula is C20H19FN4O. The highest BCUT2D eigenvalue weighted by molar-refractivity contribution is 6.02. The number of rotatable bonds is 7. The van der Waals surface area contributed by atoms with Crippen LogP contribution >= 0.6 is 0 Å². The van der Waals surface area contributed by atoms with Crippen molar-refractivity contribution in [2.45, 2.75) is 12.8 Å². The van der Waals surface area contributed by atoms with Crippen molar-refractivity contribution < 1.29 is 9.18 Å². The molecule has 0 saturated heterocycles. The lowest BCUT2D eigenvalue weighted by Gasteiger charge is -2.07. The van der Waals surface area contributed by atoms with E-state index in [1.54, 1.807) is 24.3 Å². The minimum absolute atomic E-state index is 0.113. The molecule has 0 aliphatic carbocycles. The highest BCUT2D eigenvalue weighted by Crippen LogP contribution is 2.13. The zero-order chi connectivity index (χ0) is 18.2. The lowest BCUT2D eigenvalue weighted by Crippen LogP contribution is -2.16. The van der Waals surface area contributed by atoms with Crippen molar-refractivity contribution in [3.8, 4) is 0 Å². The normalized spacial score (nSPS) is 10.3. The van der Waals surface area contributed by atoms with Crippen LogP contribution in [0, 0.1) is 5.82 Å². The number of nitrogens with zero attached hydrogens (tertiary/aromatic N) is 2. The van der Waals surface area contributed by atoms with Crippen LogP contribution in [-0.4, -0.2) is 22.6 Å². The topological polar surface area (TPSA) is 66.9 Å². The van der Waals surface area contributed by atoms with Crippen molar-refractivity contribution in [1.82, 2.24) is 10.2 Å². The Kier molecular flexibility index (Phi) is 5.88. The second kappa shape index (κ2) is 8.71. The Hall–Kier alpha value is -3.28. The molecule has 2 aromatic carbocycles. The molecule has 0 aliphatic heterocycles. The first kappa shape index (κ1) is 17.5. The van der Waals surface area contributed by atoms with Gasteiger partial charge in [-0.05, 0) is 42.7 Å². The van der Waals surface area contributed by atoms with E-state index in [4.69, 9.17) is 0 Å². The van der Waals surface area contributed by atoms with E-state index in [2.05, 4.69) is 33.0 Å². The van der Waals surface area contributed by atoms with E-state index in [0.29, 0.717) is 5.82 Å². The smallest absolute Gasteiger partial charge is 0.276 e. The summed E-state index contributed by atoms with van der Waals surface area (Å²) >= 11 is 0. The van der Waals surface area contributed by atoms with E-state index < -0.39 is 11.7 Å². The van der Waals surface area contributed by atoms with E-state index in [1.807, 2.05) is 18.2 Å². The van der Waals surface area contributed by atoms with Crippen molar-refractivity contribution >= 4 is 17.4 Å². The molecule has 0 aliphatic rings. The van der Waals surface area contributed by atoms with Crippen molar-refractivity contribution in [3.63, 3.8) is 0 Å². The Bertz CT molecular complexity index is 853. The maximum atomic E-state index is 13.6. The lowest BCUT2D eigenvalue weighted by atomic mass is 10.1. The Morgan fingerprint density at radius 2 is 1.69 bits per heavy atom. The fourth-order valence-electron chi connectivity index (χ4n) is 2.45. The minimum atomic E-state index is -0.502. The van der Waals surface area contributed by atoms with Crippen LogP contribution in [0.1, 0.15) is 22.5 Å². The molecule has 0 unspecified atom stereocenters. The van der Waals surface area contributed by atoms with Gasteiger partial charge in [0.1, 0.15) is 11.6 Å². The van der Waals surface area contributed by atoms with E-state index in [-0.39, 0.29) is 11.4 Å². The predicted molar refractivity (Wildman–Crippen MR) is 99.6 cm³/mol. The maximum absolute atomic E-state index is 13.6. The average Bonchev–Trinajstić information content (AvgIpc) is 2.68. The molecule has 0 bridgehead atoms. The van der Waals surface area contributed by atoms with Gasteiger partial charge in [-0.1, -0.05) is 42.5 Å². The molecule has 3 aromatic rings. The fourth-order valence-corrected chi connectivity index (χ4v) is 2.45. The highest BCUT2D eigenvalue weighted by atomic mass is 19.1. The maximum Gasteiger partial charge on any atom is 0.276 e. The molecule has 26 heavy (non-hydrogen) atoms. The van der Waals surface area contributed by atoms with Crippen LogP contribution < -0.4 is 10.6 Å². The molecule has 2 N–H and O–H groups in total. The Morgan fingerprint density at radius 3 is 2.42 bits per heavy atom. The molecule has 0 radical (unpaired) electrons. The first-order valence-electron chi connectivity index (χ1n) is 8.40. The second-order valence-electron chi connectivity index (χ2n) is 5.75. The van der Waals surface area contributed by atoms with Crippen molar-refractivity contribution in [2.75, 3.05) is 17.2 Å². The monoisotopic (exact) mass is 350 g/mol. The molecule has 0 saturated carbocycles. The van der Waals surface area contributed by atoms with Gasteiger partial charge in [-0.3, -0.25) is 4.79 Å². The van der Waals surface area contributed by atoms with Gasteiger partial charge >= 0.3 is 0 Å². The summed E-state index contributed by atoms with van der Waals surface area (Å²) in [6.45, 7) is 0.754. The van der Waals surface area contributed by atoms with Crippen LogP contribution in [0.25, 0.3) is 0 Å². The van der Waals surface area contributed by atoms with Gasteiger partial charge in [0, 0.05) is 6.54 Å². The first-order valence-corrected chi connectivity index (χ1v) is 8.40. The van der Waals surface area contributed by atoms with Crippen LogP contribution in [0.3, 0.4) is 0 Å². The van der Waals surface area contributed by atoms with E-state index in [1.165, 1.54) is 17.7 Å². The second-order valence-corrected chi connectivity index (χ2v) is 5.75. The lowest BCUT2D eigenvalue weighted by molar-refractivity contribution is 0.102. The summed E-state index contributed by atoms with van der Waals surface area (Å²) in [5.41, 5.74) is 1.53. The number of aromatic nitrogens is 2. The van der Waals surface area contributed by atoms with Crippen LogP contribution in [0.2, 0.25) is 0 Å². The van der Waals surface area contributed by atoms with Gasteiger partial charge in [-0.25, -0.2) is 4.39 Å². The molecule has 1 heterocycles. The average molecular weight is 350 g/mol. The molecule has 5 nitrogen and oxygen atoms in total. The van der Waals surface area contributed by atoms with Crippen molar-refractivity contribution in [2.24, 2.45) is 0 Å². The number of benzene rings is 2. The summed E-state index contributed by atoms with van der Waals surface area (Å²) in [5.74, 6) is -0.399. The quantitative estimate of drug-likeness (QED) is 0.634. The molecular weight excluding hydrogens is 331 g/mol. The SMILES string of the molecule is O=C(Nc1ccccc1F)c1ccc(NCCCc2ccccc2)nn1. The van der Waals surface area contributed by atoms with Crippen LogP contribution in [0.15, 0.2) is 66.7 Å². The van der Waals surface area contributed by atoms with Gasteiger partial charge in [-0.2, -0.15) is 0 Å². The van der Waals surface area contributed by atoms with Gasteiger partial charge in [0.2, 0.25) is 0 Å². The fraction of sp³-hybridized carbons (Fsp3) is 0.150. The number of amides is 1. The first-order chi connectivity index (χ1) is 12.7. The number of para-hydroxylation sites is 1. The molecule has 3 rings (SSSR count). The third kappa shape index (κ3) is 4.86. The zero-order valence-corrected chi connectivity index (χ0v) is 14.2. The Morgan fingerprint density at radius 1 is 0.923 bits per heavy atom. The third-order valence-corrected chi connectivity index (χ3v) is 3.81. The van der Waals surface area contributed by atoms with Crippen molar-refractivity contribution in [3.05, 3.63) is 83.8 Å². The summed E-state index contributed by atoms with van der Waals surface area (Å²) < 4.78 is 13.6. The molecule has 0 fully saturated rings. The minimum Gasteiger partial charge on any atom is -0.369 e. The van der Waals surface area contributed by atoms with Gasteiger partial charge in [0.15, 0.2) is 5.69 Å². The number of carbonyl (C=O) groups excluding carboxylic acids is 1. The Labute approximate surface area is 151 Å². The van der Waals surface area contributed by atoms with E-state index in [9.17, 15) is 9.18 Å². The molecule has 1 aromatic heterocycles. The largest absolute Gasteiger partial charge is 0.369 e.